The Morgan fingerprint density at radius 2 is 1.68 bits per heavy atom. The van der Waals surface area contributed by atoms with Crippen LogP contribution in [0.15, 0.2) is 36.5 Å². The summed E-state index contributed by atoms with van der Waals surface area (Å²) in [5.41, 5.74) is 5.53. The van der Waals surface area contributed by atoms with Crippen molar-refractivity contribution in [2.24, 2.45) is 11.8 Å². The highest BCUT2D eigenvalue weighted by Crippen LogP contribution is 2.30. The Bertz CT molecular complexity index is 884. The van der Waals surface area contributed by atoms with Gasteiger partial charge in [0.1, 0.15) is 5.82 Å². The molecule has 1 aromatic carbocycles. The van der Waals surface area contributed by atoms with Gasteiger partial charge in [0.2, 0.25) is 0 Å². The highest BCUT2D eigenvalue weighted by Gasteiger charge is 2.24. The molecule has 1 aliphatic heterocycles. The van der Waals surface area contributed by atoms with Crippen LogP contribution in [0.2, 0.25) is 0 Å². The molecule has 3 aromatic rings. The lowest BCUT2D eigenvalue weighted by Gasteiger charge is -2.36. The number of benzene rings is 1. The summed E-state index contributed by atoms with van der Waals surface area (Å²) in [4.78, 5) is 7.28. The van der Waals surface area contributed by atoms with Crippen LogP contribution in [0.5, 0.6) is 0 Å². The van der Waals surface area contributed by atoms with Crippen molar-refractivity contribution in [3.05, 3.63) is 47.8 Å². The standard InChI is InChI=1S/C21H26N4/c1-14-5-7-18(8-6-14)19-11-22-25-20(10-17(4)23-21(19)25)24-12-15(2)9-16(3)13-24/h5-8,10-11,15-16H,9,12-13H2,1-4H3. The van der Waals surface area contributed by atoms with Crippen LogP contribution in [0.1, 0.15) is 31.5 Å². The Labute approximate surface area is 149 Å². The zero-order chi connectivity index (χ0) is 17.6. The molecule has 4 rings (SSSR count). The van der Waals surface area contributed by atoms with Crippen LogP contribution < -0.4 is 4.90 Å². The molecule has 2 unspecified atom stereocenters. The van der Waals surface area contributed by atoms with Gasteiger partial charge in [0, 0.05) is 30.4 Å². The average molecular weight is 334 g/mol. The Hall–Kier alpha value is -2.36. The number of anilines is 1. The fourth-order valence-corrected chi connectivity index (χ4v) is 4.08. The lowest BCUT2D eigenvalue weighted by Crippen LogP contribution is -2.39. The first-order chi connectivity index (χ1) is 12.0. The molecule has 4 nitrogen and oxygen atoms in total. The summed E-state index contributed by atoms with van der Waals surface area (Å²) in [5, 5.41) is 4.70. The van der Waals surface area contributed by atoms with Crippen molar-refractivity contribution < 1.29 is 0 Å². The van der Waals surface area contributed by atoms with Gasteiger partial charge in [-0.05, 0) is 37.7 Å². The maximum atomic E-state index is 4.80. The van der Waals surface area contributed by atoms with Crippen LogP contribution in [0, 0.1) is 25.7 Å². The molecule has 0 N–H and O–H groups in total. The Morgan fingerprint density at radius 1 is 1.00 bits per heavy atom. The zero-order valence-electron chi connectivity index (χ0n) is 15.5. The van der Waals surface area contributed by atoms with Gasteiger partial charge < -0.3 is 4.90 Å². The summed E-state index contributed by atoms with van der Waals surface area (Å²) in [6, 6.07) is 10.8. The third-order valence-electron chi connectivity index (χ3n) is 5.14. The van der Waals surface area contributed by atoms with Gasteiger partial charge in [-0.1, -0.05) is 43.7 Å². The third kappa shape index (κ3) is 3.01. The second kappa shape index (κ2) is 6.17. The number of hydrogen-bond acceptors (Lipinski definition) is 3. The first kappa shape index (κ1) is 16.1. The second-order valence-corrected chi connectivity index (χ2v) is 7.77. The van der Waals surface area contributed by atoms with E-state index in [1.165, 1.54) is 23.4 Å². The number of aromatic nitrogens is 3. The molecule has 0 saturated carbocycles. The van der Waals surface area contributed by atoms with Gasteiger partial charge in [0.25, 0.3) is 0 Å². The van der Waals surface area contributed by atoms with Crippen molar-refractivity contribution in [1.29, 1.82) is 0 Å². The van der Waals surface area contributed by atoms with Crippen LogP contribution in [0.3, 0.4) is 0 Å². The highest BCUT2D eigenvalue weighted by molar-refractivity contribution is 5.78. The number of fused-ring (bicyclic) bond motifs is 1. The van der Waals surface area contributed by atoms with Crippen LogP contribution in [0.4, 0.5) is 5.82 Å². The molecule has 1 saturated heterocycles. The molecule has 0 spiro atoms. The van der Waals surface area contributed by atoms with Gasteiger partial charge in [0.05, 0.1) is 6.20 Å². The molecular formula is C21H26N4. The molecule has 0 radical (unpaired) electrons. The summed E-state index contributed by atoms with van der Waals surface area (Å²) in [6.07, 6.45) is 3.25. The fourth-order valence-electron chi connectivity index (χ4n) is 4.08. The summed E-state index contributed by atoms with van der Waals surface area (Å²) >= 11 is 0. The number of hydrogen-bond donors (Lipinski definition) is 0. The normalized spacial score (nSPS) is 21.0. The minimum Gasteiger partial charge on any atom is -0.356 e. The summed E-state index contributed by atoms with van der Waals surface area (Å²) in [6.45, 7) is 11.0. The molecule has 1 aliphatic rings. The minimum absolute atomic E-state index is 0.708. The van der Waals surface area contributed by atoms with Crippen molar-refractivity contribution in [3.8, 4) is 11.1 Å². The maximum absolute atomic E-state index is 4.80. The van der Waals surface area contributed by atoms with Crippen LogP contribution >= 0.6 is 0 Å². The minimum atomic E-state index is 0.708. The molecular weight excluding hydrogens is 308 g/mol. The van der Waals surface area contributed by atoms with Crippen LogP contribution in [0.25, 0.3) is 16.8 Å². The predicted molar refractivity (Wildman–Crippen MR) is 103 cm³/mol. The van der Waals surface area contributed by atoms with Gasteiger partial charge in [-0.15, -0.1) is 0 Å². The topological polar surface area (TPSA) is 33.4 Å². The zero-order valence-corrected chi connectivity index (χ0v) is 15.5. The molecule has 0 amide bonds. The third-order valence-corrected chi connectivity index (χ3v) is 5.14. The lowest BCUT2D eigenvalue weighted by atomic mass is 9.92. The maximum Gasteiger partial charge on any atom is 0.165 e. The van der Waals surface area contributed by atoms with E-state index in [4.69, 9.17) is 10.1 Å². The first-order valence-electron chi connectivity index (χ1n) is 9.18. The Kier molecular flexibility index (Phi) is 3.98. The van der Waals surface area contributed by atoms with E-state index < -0.39 is 0 Å². The van der Waals surface area contributed by atoms with Crippen molar-refractivity contribution in [1.82, 2.24) is 14.6 Å². The molecule has 3 heterocycles. The van der Waals surface area contributed by atoms with E-state index >= 15 is 0 Å². The molecule has 2 atom stereocenters. The van der Waals surface area contributed by atoms with E-state index in [2.05, 4.69) is 62.9 Å². The molecule has 2 aromatic heterocycles. The van der Waals surface area contributed by atoms with E-state index in [0.717, 1.165) is 30.0 Å². The number of rotatable bonds is 2. The van der Waals surface area contributed by atoms with Gasteiger partial charge in [0.15, 0.2) is 5.65 Å². The van der Waals surface area contributed by atoms with Crippen molar-refractivity contribution in [3.63, 3.8) is 0 Å². The van der Waals surface area contributed by atoms with Crippen molar-refractivity contribution >= 4 is 11.5 Å². The van der Waals surface area contributed by atoms with Crippen molar-refractivity contribution in [2.75, 3.05) is 18.0 Å². The SMILES string of the molecule is Cc1ccc(-c2cnn3c(N4CC(C)CC(C)C4)cc(C)nc23)cc1. The Balaban J connectivity index is 1.83. The molecule has 130 valence electrons. The molecule has 1 fully saturated rings. The molecule has 0 aliphatic carbocycles. The number of nitrogens with zero attached hydrogens (tertiary/aromatic N) is 4. The largest absolute Gasteiger partial charge is 0.356 e. The van der Waals surface area contributed by atoms with E-state index in [1.807, 2.05) is 10.7 Å². The average Bonchev–Trinajstić information content (AvgIpc) is 2.97. The lowest BCUT2D eigenvalue weighted by molar-refractivity contribution is 0.354. The smallest absolute Gasteiger partial charge is 0.165 e. The molecule has 4 heteroatoms. The molecule has 0 bridgehead atoms. The monoisotopic (exact) mass is 334 g/mol. The quantitative estimate of drug-likeness (QED) is 0.692. The summed E-state index contributed by atoms with van der Waals surface area (Å²) < 4.78 is 2.02. The van der Waals surface area contributed by atoms with E-state index in [-0.39, 0.29) is 0 Å². The van der Waals surface area contributed by atoms with Gasteiger partial charge in [-0.2, -0.15) is 9.61 Å². The highest BCUT2D eigenvalue weighted by atomic mass is 15.3. The van der Waals surface area contributed by atoms with E-state index in [1.54, 1.807) is 0 Å². The van der Waals surface area contributed by atoms with Gasteiger partial charge in [-0.3, -0.25) is 0 Å². The predicted octanol–water partition coefficient (Wildman–Crippen LogP) is 4.50. The molecule has 25 heavy (non-hydrogen) atoms. The fraction of sp³-hybridized carbons (Fsp3) is 0.429. The first-order valence-corrected chi connectivity index (χ1v) is 9.18. The van der Waals surface area contributed by atoms with Gasteiger partial charge in [-0.25, -0.2) is 4.98 Å². The number of aryl methyl sites for hydroxylation is 2. The summed E-state index contributed by atoms with van der Waals surface area (Å²) in [5.74, 6) is 2.58. The van der Waals surface area contributed by atoms with Crippen LogP contribution in [-0.2, 0) is 0 Å². The van der Waals surface area contributed by atoms with E-state index in [0.29, 0.717) is 11.8 Å². The van der Waals surface area contributed by atoms with Crippen LogP contribution in [-0.4, -0.2) is 27.7 Å². The van der Waals surface area contributed by atoms with Gasteiger partial charge >= 0.3 is 0 Å². The van der Waals surface area contributed by atoms with E-state index in [9.17, 15) is 0 Å². The summed E-state index contributed by atoms with van der Waals surface area (Å²) in [7, 11) is 0. The second-order valence-electron chi connectivity index (χ2n) is 7.77. The Morgan fingerprint density at radius 3 is 2.36 bits per heavy atom. The van der Waals surface area contributed by atoms with Crippen molar-refractivity contribution in [2.45, 2.75) is 34.1 Å². The number of piperidine rings is 1.